The molecule has 148 valence electrons. The second kappa shape index (κ2) is 7.75. The normalized spacial score (nSPS) is 19.6. The molecule has 0 saturated carbocycles. The topological polar surface area (TPSA) is 76.7 Å². The van der Waals surface area contributed by atoms with Gasteiger partial charge in [-0.1, -0.05) is 36.0 Å². The van der Waals surface area contributed by atoms with E-state index in [1.54, 1.807) is 18.2 Å². The van der Waals surface area contributed by atoms with E-state index >= 15 is 0 Å². The zero-order chi connectivity index (χ0) is 20.4. The Bertz CT molecular complexity index is 917. The Labute approximate surface area is 164 Å². The molecule has 1 atom stereocenters. The van der Waals surface area contributed by atoms with E-state index in [-0.39, 0.29) is 5.56 Å². The molecule has 3 rings (SSSR count). The van der Waals surface area contributed by atoms with Crippen LogP contribution in [0.25, 0.3) is 0 Å². The number of nitrogens with two attached hydrogens (primary N) is 1. The highest BCUT2D eigenvalue weighted by Crippen LogP contribution is 2.36. The number of aliphatic imine (C=N–C) groups is 1. The van der Waals surface area contributed by atoms with Crippen molar-refractivity contribution in [2.75, 3.05) is 11.1 Å². The number of amidine groups is 1. The first-order valence-electron chi connectivity index (χ1n) is 8.41. The van der Waals surface area contributed by atoms with Crippen molar-refractivity contribution < 1.29 is 22.7 Å². The molecule has 0 spiro atoms. The molecule has 1 heterocycles. The number of thioether (sulfide) groups is 1. The van der Waals surface area contributed by atoms with E-state index < -0.39 is 23.6 Å². The number of para-hydroxylation sites is 1. The van der Waals surface area contributed by atoms with Crippen LogP contribution in [0, 0.1) is 0 Å². The average molecular weight is 409 g/mol. The fourth-order valence-corrected chi connectivity index (χ4v) is 3.87. The molecular formula is C19H18F3N3O2S. The van der Waals surface area contributed by atoms with E-state index in [1.807, 2.05) is 13.0 Å². The molecule has 1 amide bonds. The lowest BCUT2D eigenvalue weighted by Gasteiger charge is -2.30. The van der Waals surface area contributed by atoms with Crippen molar-refractivity contribution in [3.63, 3.8) is 0 Å². The van der Waals surface area contributed by atoms with Gasteiger partial charge >= 0.3 is 6.36 Å². The first kappa shape index (κ1) is 20.1. The Morgan fingerprint density at radius 3 is 2.71 bits per heavy atom. The highest BCUT2D eigenvalue weighted by Gasteiger charge is 2.33. The van der Waals surface area contributed by atoms with Crippen LogP contribution in [-0.2, 0) is 5.54 Å². The summed E-state index contributed by atoms with van der Waals surface area (Å²) in [6.07, 6.45) is -4.11. The highest BCUT2D eigenvalue weighted by molar-refractivity contribution is 8.13. The number of carbonyl (C=O) groups is 1. The summed E-state index contributed by atoms with van der Waals surface area (Å²) in [6.45, 7) is 1.95. The standard InChI is InChI=1S/C19H18F3N3O2S/c1-18(9-10-28-17(23)25-18)12-5-4-6-13(11-12)24-16(26)14-7-2-3-8-15(14)27-19(20,21)22/h2-8,11H,9-10H2,1H3,(H2,23,25)(H,24,26). The smallest absolute Gasteiger partial charge is 0.405 e. The Balaban J connectivity index is 1.84. The van der Waals surface area contributed by atoms with Crippen LogP contribution in [0.2, 0.25) is 0 Å². The Morgan fingerprint density at radius 1 is 1.25 bits per heavy atom. The number of alkyl halides is 3. The summed E-state index contributed by atoms with van der Waals surface area (Å²) in [6, 6.07) is 12.2. The summed E-state index contributed by atoms with van der Waals surface area (Å²) in [5, 5.41) is 3.12. The quantitative estimate of drug-likeness (QED) is 0.779. The van der Waals surface area contributed by atoms with Crippen LogP contribution in [0.15, 0.2) is 53.5 Å². The van der Waals surface area contributed by atoms with E-state index in [1.165, 1.54) is 30.0 Å². The minimum absolute atomic E-state index is 0.215. The second-order valence-corrected chi connectivity index (χ2v) is 7.52. The van der Waals surface area contributed by atoms with E-state index in [0.717, 1.165) is 23.8 Å². The third-order valence-electron chi connectivity index (χ3n) is 4.30. The molecule has 2 aromatic rings. The predicted octanol–water partition coefficient (Wildman–Crippen LogP) is 4.50. The Hall–Kier alpha value is -2.68. The zero-order valence-corrected chi connectivity index (χ0v) is 15.7. The van der Waals surface area contributed by atoms with Gasteiger partial charge in [0, 0.05) is 11.4 Å². The van der Waals surface area contributed by atoms with Gasteiger partial charge in [0.25, 0.3) is 5.91 Å². The molecule has 0 radical (unpaired) electrons. The number of hydrogen-bond acceptors (Lipinski definition) is 5. The average Bonchev–Trinajstić information content (AvgIpc) is 2.61. The molecule has 0 aromatic heterocycles. The van der Waals surface area contributed by atoms with Gasteiger partial charge in [-0.25, -0.2) is 0 Å². The Kier molecular flexibility index (Phi) is 5.55. The first-order chi connectivity index (χ1) is 13.2. The number of anilines is 1. The highest BCUT2D eigenvalue weighted by atomic mass is 32.2. The summed E-state index contributed by atoms with van der Waals surface area (Å²) in [4.78, 5) is 17.0. The number of carbonyl (C=O) groups excluding carboxylic acids is 1. The van der Waals surface area contributed by atoms with Crippen LogP contribution >= 0.6 is 11.8 Å². The van der Waals surface area contributed by atoms with Crippen molar-refractivity contribution in [3.05, 3.63) is 59.7 Å². The van der Waals surface area contributed by atoms with Crippen LogP contribution < -0.4 is 15.8 Å². The van der Waals surface area contributed by atoms with Crippen LogP contribution in [0.1, 0.15) is 29.3 Å². The number of rotatable bonds is 4. The monoisotopic (exact) mass is 409 g/mol. The molecule has 9 heteroatoms. The molecule has 0 aliphatic carbocycles. The van der Waals surface area contributed by atoms with Crippen LogP contribution in [-0.4, -0.2) is 23.2 Å². The van der Waals surface area contributed by atoms with E-state index in [9.17, 15) is 18.0 Å². The summed E-state index contributed by atoms with van der Waals surface area (Å²) in [5.74, 6) is -0.438. The molecule has 1 aliphatic heterocycles. The SMILES string of the molecule is CC1(c2cccc(NC(=O)c3ccccc3OC(F)(F)F)c2)CCSC(N)=N1. The lowest BCUT2D eigenvalue weighted by atomic mass is 9.89. The van der Waals surface area contributed by atoms with Gasteiger partial charge in [0.15, 0.2) is 5.17 Å². The number of nitrogens with one attached hydrogen (secondary N) is 1. The summed E-state index contributed by atoms with van der Waals surface area (Å²) >= 11 is 1.49. The second-order valence-electron chi connectivity index (χ2n) is 6.40. The third kappa shape index (κ3) is 4.78. The van der Waals surface area contributed by atoms with Crippen molar-refractivity contribution in [2.24, 2.45) is 10.7 Å². The molecule has 0 saturated heterocycles. The number of halogens is 3. The first-order valence-corrected chi connectivity index (χ1v) is 9.40. The minimum Gasteiger partial charge on any atom is -0.405 e. The molecule has 2 aromatic carbocycles. The largest absolute Gasteiger partial charge is 0.573 e. The molecule has 0 fully saturated rings. The van der Waals surface area contributed by atoms with E-state index in [4.69, 9.17) is 5.73 Å². The molecule has 5 nitrogen and oxygen atoms in total. The van der Waals surface area contributed by atoms with Crippen molar-refractivity contribution in [3.8, 4) is 5.75 Å². The van der Waals surface area contributed by atoms with Gasteiger partial charge in [-0.2, -0.15) is 0 Å². The minimum atomic E-state index is -4.89. The lowest BCUT2D eigenvalue weighted by molar-refractivity contribution is -0.274. The van der Waals surface area contributed by atoms with Gasteiger partial charge in [0.05, 0.1) is 11.1 Å². The van der Waals surface area contributed by atoms with Gasteiger partial charge in [-0.05, 0) is 43.2 Å². The predicted molar refractivity (Wildman–Crippen MR) is 104 cm³/mol. The van der Waals surface area contributed by atoms with Crippen molar-refractivity contribution >= 4 is 28.5 Å². The molecule has 0 bridgehead atoms. The molecule has 1 unspecified atom stereocenters. The van der Waals surface area contributed by atoms with E-state index in [2.05, 4.69) is 15.0 Å². The number of amides is 1. The maximum absolute atomic E-state index is 12.6. The molecular weight excluding hydrogens is 391 g/mol. The van der Waals surface area contributed by atoms with Crippen LogP contribution in [0.5, 0.6) is 5.75 Å². The summed E-state index contributed by atoms with van der Waals surface area (Å²) in [5.41, 5.74) is 6.41. The molecule has 1 aliphatic rings. The fraction of sp³-hybridized carbons (Fsp3) is 0.263. The maximum Gasteiger partial charge on any atom is 0.573 e. The van der Waals surface area contributed by atoms with E-state index in [0.29, 0.717) is 10.9 Å². The van der Waals surface area contributed by atoms with Gasteiger partial charge < -0.3 is 15.8 Å². The van der Waals surface area contributed by atoms with Crippen molar-refractivity contribution in [1.29, 1.82) is 0 Å². The fourth-order valence-electron chi connectivity index (χ4n) is 2.89. The van der Waals surface area contributed by atoms with Gasteiger partial charge in [0.1, 0.15) is 5.75 Å². The molecule has 3 N–H and O–H groups in total. The van der Waals surface area contributed by atoms with Crippen LogP contribution in [0.4, 0.5) is 18.9 Å². The number of ether oxygens (including phenoxy) is 1. The number of hydrogen-bond donors (Lipinski definition) is 2. The third-order valence-corrected chi connectivity index (χ3v) is 5.09. The Morgan fingerprint density at radius 2 is 2.00 bits per heavy atom. The van der Waals surface area contributed by atoms with Crippen molar-refractivity contribution in [2.45, 2.75) is 25.2 Å². The number of benzene rings is 2. The van der Waals surface area contributed by atoms with Gasteiger partial charge in [0.2, 0.25) is 0 Å². The summed E-state index contributed by atoms with van der Waals surface area (Å²) < 4.78 is 41.6. The van der Waals surface area contributed by atoms with Crippen LogP contribution in [0.3, 0.4) is 0 Å². The molecule has 28 heavy (non-hydrogen) atoms. The lowest BCUT2D eigenvalue weighted by Crippen LogP contribution is -2.28. The van der Waals surface area contributed by atoms with Crippen molar-refractivity contribution in [1.82, 2.24) is 0 Å². The maximum atomic E-state index is 12.6. The van der Waals surface area contributed by atoms with Gasteiger partial charge in [-0.15, -0.1) is 13.2 Å². The number of nitrogens with zero attached hydrogens (tertiary/aromatic N) is 1. The van der Waals surface area contributed by atoms with Gasteiger partial charge in [-0.3, -0.25) is 9.79 Å². The zero-order valence-electron chi connectivity index (χ0n) is 14.9. The summed E-state index contributed by atoms with van der Waals surface area (Å²) in [7, 11) is 0.